The number of anilines is 1. The fourth-order valence-electron chi connectivity index (χ4n) is 1.65. The first-order valence-corrected chi connectivity index (χ1v) is 6.13. The molecule has 82 valence electrons. The van der Waals surface area contributed by atoms with E-state index in [1.165, 1.54) is 30.6 Å². The van der Waals surface area contributed by atoms with Crippen molar-refractivity contribution in [1.29, 1.82) is 0 Å². The SMILES string of the molecule is Nc1nc(C(=O)NCCC2CCC2)cs1. The predicted octanol–water partition coefficient (Wildman–Crippen LogP) is 1.65. The minimum Gasteiger partial charge on any atom is -0.375 e. The molecule has 3 N–H and O–H groups in total. The maximum absolute atomic E-state index is 11.5. The Morgan fingerprint density at radius 2 is 2.47 bits per heavy atom. The average Bonchev–Trinajstić information content (AvgIpc) is 2.56. The molecular weight excluding hydrogens is 210 g/mol. The molecule has 1 aromatic heterocycles. The fraction of sp³-hybridized carbons (Fsp3) is 0.600. The number of carbonyl (C=O) groups excluding carboxylic acids is 1. The molecule has 0 saturated heterocycles. The number of nitrogen functional groups attached to an aromatic ring is 1. The van der Waals surface area contributed by atoms with Crippen LogP contribution < -0.4 is 11.1 Å². The lowest BCUT2D eigenvalue weighted by molar-refractivity contribution is 0.0945. The Kier molecular flexibility index (Phi) is 3.20. The molecule has 1 saturated carbocycles. The number of nitrogens with one attached hydrogen (secondary N) is 1. The van der Waals surface area contributed by atoms with Crippen LogP contribution in [0.15, 0.2) is 5.38 Å². The van der Waals surface area contributed by atoms with Gasteiger partial charge in [-0.25, -0.2) is 4.98 Å². The summed E-state index contributed by atoms with van der Waals surface area (Å²) in [7, 11) is 0. The molecule has 1 heterocycles. The van der Waals surface area contributed by atoms with E-state index in [1.54, 1.807) is 5.38 Å². The summed E-state index contributed by atoms with van der Waals surface area (Å²) >= 11 is 1.29. The zero-order valence-corrected chi connectivity index (χ0v) is 9.35. The molecule has 0 radical (unpaired) electrons. The standard InChI is InChI=1S/C10H15N3OS/c11-10-13-8(6-15-10)9(14)12-5-4-7-2-1-3-7/h6-7H,1-5H2,(H2,11,13)(H,12,14). The summed E-state index contributed by atoms with van der Waals surface area (Å²) in [6.45, 7) is 0.751. The van der Waals surface area contributed by atoms with Crippen LogP contribution >= 0.6 is 11.3 Å². The third-order valence-corrected chi connectivity index (χ3v) is 3.49. The van der Waals surface area contributed by atoms with Crippen molar-refractivity contribution in [1.82, 2.24) is 10.3 Å². The summed E-state index contributed by atoms with van der Waals surface area (Å²) < 4.78 is 0. The number of aromatic nitrogens is 1. The van der Waals surface area contributed by atoms with Gasteiger partial charge in [0.05, 0.1) is 0 Å². The van der Waals surface area contributed by atoms with Crippen molar-refractivity contribution in [3.8, 4) is 0 Å². The molecule has 0 spiro atoms. The van der Waals surface area contributed by atoms with Gasteiger partial charge in [0.1, 0.15) is 5.69 Å². The number of nitrogens with zero attached hydrogens (tertiary/aromatic N) is 1. The molecule has 1 aromatic rings. The van der Waals surface area contributed by atoms with Gasteiger partial charge in [-0.1, -0.05) is 19.3 Å². The summed E-state index contributed by atoms with van der Waals surface area (Å²) in [5.74, 6) is 0.716. The van der Waals surface area contributed by atoms with Crippen LogP contribution in [0.4, 0.5) is 5.13 Å². The largest absolute Gasteiger partial charge is 0.375 e. The van der Waals surface area contributed by atoms with Gasteiger partial charge in [0, 0.05) is 11.9 Å². The highest BCUT2D eigenvalue weighted by Gasteiger charge is 2.17. The molecule has 0 atom stereocenters. The van der Waals surface area contributed by atoms with E-state index in [9.17, 15) is 4.79 Å². The van der Waals surface area contributed by atoms with Gasteiger partial charge in [-0.3, -0.25) is 4.79 Å². The van der Waals surface area contributed by atoms with E-state index in [0.29, 0.717) is 10.8 Å². The highest BCUT2D eigenvalue weighted by atomic mass is 32.1. The number of amides is 1. The smallest absolute Gasteiger partial charge is 0.270 e. The van der Waals surface area contributed by atoms with Crippen LogP contribution in [-0.2, 0) is 0 Å². The van der Waals surface area contributed by atoms with Gasteiger partial charge in [-0.2, -0.15) is 0 Å². The first-order valence-electron chi connectivity index (χ1n) is 5.25. The Bertz CT molecular complexity index is 346. The topological polar surface area (TPSA) is 68.0 Å². The lowest BCUT2D eigenvalue weighted by atomic mass is 9.83. The number of hydrogen-bond acceptors (Lipinski definition) is 4. The van der Waals surface area contributed by atoms with Crippen molar-refractivity contribution in [2.75, 3.05) is 12.3 Å². The number of nitrogens with two attached hydrogens (primary N) is 1. The van der Waals surface area contributed by atoms with Crippen LogP contribution in [0.25, 0.3) is 0 Å². The second-order valence-corrected chi connectivity index (χ2v) is 4.80. The third kappa shape index (κ3) is 2.68. The second kappa shape index (κ2) is 4.61. The van der Waals surface area contributed by atoms with E-state index < -0.39 is 0 Å². The van der Waals surface area contributed by atoms with Gasteiger partial charge in [0.2, 0.25) is 0 Å². The number of hydrogen-bond donors (Lipinski definition) is 2. The maximum atomic E-state index is 11.5. The molecule has 2 rings (SSSR count). The average molecular weight is 225 g/mol. The molecule has 1 aliphatic rings. The van der Waals surface area contributed by atoms with Crippen molar-refractivity contribution in [2.45, 2.75) is 25.7 Å². The van der Waals surface area contributed by atoms with Crippen molar-refractivity contribution in [3.05, 3.63) is 11.1 Å². The Hall–Kier alpha value is -1.10. The lowest BCUT2D eigenvalue weighted by Gasteiger charge is -2.24. The molecule has 0 unspecified atom stereocenters. The van der Waals surface area contributed by atoms with Gasteiger partial charge in [0.15, 0.2) is 5.13 Å². The number of thiazole rings is 1. The molecule has 0 aromatic carbocycles. The van der Waals surface area contributed by atoms with E-state index in [2.05, 4.69) is 10.3 Å². The number of carbonyl (C=O) groups is 1. The van der Waals surface area contributed by atoms with E-state index in [1.807, 2.05) is 0 Å². The van der Waals surface area contributed by atoms with E-state index in [-0.39, 0.29) is 5.91 Å². The summed E-state index contributed by atoms with van der Waals surface area (Å²) in [6.07, 6.45) is 5.08. The maximum Gasteiger partial charge on any atom is 0.270 e. The van der Waals surface area contributed by atoms with Gasteiger partial charge in [-0.15, -0.1) is 11.3 Å². The van der Waals surface area contributed by atoms with Gasteiger partial charge < -0.3 is 11.1 Å². The number of rotatable bonds is 4. The normalized spacial score (nSPS) is 16.0. The summed E-state index contributed by atoms with van der Waals surface area (Å²) in [5, 5.41) is 4.99. The quantitative estimate of drug-likeness (QED) is 0.818. The van der Waals surface area contributed by atoms with E-state index >= 15 is 0 Å². The molecule has 4 nitrogen and oxygen atoms in total. The molecule has 1 fully saturated rings. The third-order valence-electron chi connectivity index (χ3n) is 2.82. The molecule has 5 heteroatoms. The van der Waals surface area contributed by atoms with Crippen LogP contribution in [0.5, 0.6) is 0 Å². The van der Waals surface area contributed by atoms with Crippen LogP contribution in [-0.4, -0.2) is 17.4 Å². The van der Waals surface area contributed by atoms with Crippen molar-refractivity contribution < 1.29 is 4.79 Å². The Morgan fingerprint density at radius 3 is 3.00 bits per heavy atom. The van der Waals surface area contributed by atoms with Crippen molar-refractivity contribution in [2.24, 2.45) is 5.92 Å². The van der Waals surface area contributed by atoms with Crippen LogP contribution in [0.1, 0.15) is 36.2 Å². The fourth-order valence-corrected chi connectivity index (χ4v) is 2.20. The lowest BCUT2D eigenvalue weighted by Crippen LogP contribution is -2.27. The second-order valence-electron chi connectivity index (χ2n) is 3.91. The van der Waals surface area contributed by atoms with Gasteiger partial charge in [0.25, 0.3) is 5.91 Å². The highest BCUT2D eigenvalue weighted by Crippen LogP contribution is 2.28. The van der Waals surface area contributed by atoms with Gasteiger partial charge >= 0.3 is 0 Å². The zero-order chi connectivity index (χ0) is 10.7. The van der Waals surface area contributed by atoms with E-state index in [0.717, 1.165) is 18.9 Å². The van der Waals surface area contributed by atoms with E-state index in [4.69, 9.17) is 5.73 Å². The first kappa shape index (κ1) is 10.4. The van der Waals surface area contributed by atoms with Crippen molar-refractivity contribution >= 4 is 22.4 Å². The minimum absolute atomic E-state index is 0.109. The summed E-state index contributed by atoms with van der Waals surface area (Å²) in [4.78, 5) is 15.5. The van der Waals surface area contributed by atoms with Crippen LogP contribution in [0.2, 0.25) is 0 Å². The van der Waals surface area contributed by atoms with Gasteiger partial charge in [-0.05, 0) is 12.3 Å². The predicted molar refractivity (Wildman–Crippen MR) is 60.8 cm³/mol. The monoisotopic (exact) mass is 225 g/mol. The highest BCUT2D eigenvalue weighted by molar-refractivity contribution is 7.13. The first-order chi connectivity index (χ1) is 7.25. The summed E-state index contributed by atoms with van der Waals surface area (Å²) in [6, 6.07) is 0. The zero-order valence-electron chi connectivity index (χ0n) is 8.53. The Balaban J connectivity index is 1.72. The van der Waals surface area contributed by atoms with Crippen molar-refractivity contribution in [3.63, 3.8) is 0 Å². The minimum atomic E-state index is -0.109. The molecule has 0 bridgehead atoms. The molecule has 15 heavy (non-hydrogen) atoms. The summed E-state index contributed by atoms with van der Waals surface area (Å²) in [5.41, 5.74) is 5.89. The molecule has 1 aliphatic carbocycles. The Labute approximate surface area is 92.9 Å². The molecule has 0 aliphatic heterocycles. The molecular formula is C10H15N3OS. The molecule has 1 amide bonds. The van der Waals surface area contributed by atoms with Crippen LogP contribution in [0.3, 0.4) is 0 Å². The van der Waals surface area contributed by atoms with Crippen LogP contribution in [0, 0.1) is 5.92 Å². The Morgan fingerprint density at radius 1 is 1.67 bits per heavy atom.